The van der Waals surface area contributed by atoms with E-state index in [2.05, 4.69) is 20.8 Å². The van der Waals surface area contributed by atoms with Crippen LogP contribution in [-0.4, -0.2) is 41.9 Å². The summed E-state index contributed by atoms with van der Waals surface area (Å²) in [6, 6.07) is 0. The molecule has 120 valence electrons. The highest BCUT2D eigenvalue weighted by atomic mass is 16.7. The third-order valence-corrected chi connectivity index (χ3v) is 4.45. The zero-order chi connectivity index (χ0) is 15.4. The standard InChI is InChI=1S/C16H32O4/c1-7-9-15(4,10-8-2)20-13-11-16(5,18-6)14(17)12(3)19-13/h12-14,17H,7-11H2,1-6H3/t12-,13-,14-,16+/m0/s1. The summed E-state index contributed by atoms with van der Waals surface area (Å²) in [5.74, 6) is 0. The number of rotatable bonds is 7. The summed E-state index contributed by atoms with van der Waals surface area (Å²) in [5, 5.41) is 10.2. The van der Waals surface area contributed by atoms with Gasteiger partial charge in [-0.1, -0.05) is 26.7 Å². The van der Waals surface area contributed by atoms with Crippen molar-refractivity contribution < 1.29 is 19.3 Å². The summed E-state index contributed by atoms with van der Waals surface area (Å²) in [6.45, 7) is 10.3. The lowest BCUT2D eigenvalue weighted by Gasteiger charge is -2.46. The Morgan fingerprint density at radius 1 is 1.30 bits per heavy atom. The van der Waals surface area contributed by atoms with E-state index in [9.17, 15) is 5.11 Å². The summed E-state index contributed by atoms with van der Waals surface area (Å²) in [7, 11) is 1.63. The summed E-state index contributed by atoms with van der Waals surface area (Å²) < 4.78 is 17.6. The first-order valence-corrected chi connectivity index (χ1v) is 7.86. The molecule has 0 aromatic rings. The fourth-order valence-corrected chi connectivity index (χ4v) is 3.20. The summed E-state index contributed by atoms with van der Waals surface area (Å²) in [5.41, 5.74) is -0.771. The van der Waals surface area contributed by atoms with E-state index < -0.39 is 11.7 Å². The Kier molecular flexibility index (Phi) is 6.45. The highest BCUT2D eigenvalue weighted by Crippen LogP contribution is 2.36. The van der Waals surface area contributed by atoms with Crippen LogP contribution in [0.3, 0.4) is 0 Å². The van der Waals surface area contributed by atoms with E-state index in [-0.39, 0.29) is 18.0 Å². The Morgan fingerprint density at radius 3 is 2.30 bits per heavy atom. The fraction of sp³-hybridized carbons (Fsp3) is 1.00. The van der Waals surface area contributed by atoms with Gasteiger partial charge in [-0.05, 0) is 33.6 Å². The number of hydrogen-bond acceptors (Lipinski definition) is 4. The molecule has 0 radical (unpaired) electrons. The van der Waals surface area contributed by atoms with Gasteiger partial charge < -0.3 is 19.3 Å². The predicted octanol–water partition coefficient (Wildman–Crippen LogP) is 3.26. The molecule has 0 unspecified atom stereocenters. The van der Waals surface area contributed by atoms with Crippen molar-refractivity contribution in [2.24, 2.45) is 0 Å². The van der Waals surface area contributed by atoms with E-state index in [4.69, 9.17) is 14.2 Å². The Hall–Kier alpha value is -0.160. The van der Waals surface area contributed by atoms with Gasteiger partial charge >= 0.3 is 0 Å². The van der Waals surface area contributed by atoms with Crippen LogP contribution in [0.25, 0.3) is 0 Å². The van der Waals surface area contributed by atoms with E-state index in [0.717, 1.165) is 25.7 Å². The van der Waals surface area contributed by atoms with Gasteiger partial charge in [0.25, 0.3) is 0 Å². The third kappa shape index (κ3) is 4.17. The first-order chi connectivity index (χ1) is 9.30. The van der Waals surface area contributed by atoms with Crippen molar-refractivity contribution in [3.05, 3.63) is 0 Å². The average Bonchev–Trinajstić information content (AvgIpc) is 2.36. The van der Waals surface area contributed by atoms with Crippen molar-refractivity contribution in [3.63, 3.8) is 0 Å². The van der Waals surface area contributed by atoms with Gasteiger partial charge in [0, 0.05) is 13.5 Å². The zero-order valence-corrected chi connectivity index (χ0v) is 13.9. The zero-order valence-electron chi connectivity index (χ0n) is 13.9. The molecule has 4 atom stereocenters. The lowest BCUT2D eigenvalue weighted by Crippen LogP contribution is -2.57. The second-order valence-corrected chi connectivity index (χ2v) is 6.50. The van der Waals surface area contributed by atoms with Crippen LogP contribution in [0.1, 0.15) is 66.7 Å². The summed E-state index contributed by atoms with van der Waals surface area (Å²) in [6.07, 6.45) is 3.52. The van der Waals surface area contributed by atoms with Crippen LogP contribution in [0.4, 0.5) is 0 Å². The largest absolute Gasteiger partial charge is 0.387 e. The molecule has 1 heterocycles. The molecule has 0 spiro atoms. The number of hydrogen-bond donors (Lipinski definition) is 1. The molecular weight excluding hydrogens is 256 g/mol. The molecule has 1 aliphatic heterocycles. The van der Waals surface area contributed by atoms with Gasteiger partial charge in [0.1, 0.15) is 6.10 Å². The van der Waals surface area contributed by atoms with Crippen molar-refractivity contribution in [1.82, 2.24) is 0 Å². The Balaban J connectivity index is 2.76. The minimum absolute atomic E-state index is 0.162. The van der Waals surface area contributed by atoms with Crippen LogP contribution < -0.4 is 0 Å². The van der Waals surface area contributed by atoms with Gasteiger partial charge in [0.2, 0.25) is 0 Å². The van der Waals surface area contributed by atoms with Gasteiger partial charge in [-0.25, -0.2) is 0 Å². The number of aliphatic hydroxyl groups excluding tert-OH is 1. The first kappa shape index (κ1) is 17.9. The fourth-order valence-electron chi connectivity index (χ4n) is 3.20. The van der Waals surface area contributed by atoms with E-state index in [0.29, 0.717) is 6.42 Å². The normalized spacial score (nSPS) is 35.2. The lowest BCUT2D eigenvalue weighted by molar-refractivity contribution is -0.303. The van der Waals surface area contributed by atoms with Crippen LogP contribution in [0.2, 0.25) is 0 Å². The number of methoxy groups -OCH3 is 1. The van der Waals surface area contributed by atoms with Crippen molar-refractivity contribution in [1.29, 1.82) is 0 Å². The molecule has 4 nitrogen and oxygen atoms in total. The molecule has 20 heavy (non-hydrogen) atoms. The maximum absolute atomic E-state index is 10.2. The van der Waals surface area contributed by atoms with Crippen LogP contribution in [0.15, 0.2) is 0 Å². The quantitative estimate of drug-likeness (QED) is 0.781. The number of aliphatic hydroxyl groups is 1. The van der Waals surface area contributed by atoms with Gasteiger partial charge in [0.05, 0.1) is 17.3 Å². The smallest absolute Gasteiger partial charge is 0.161 e. The molecule has 1 fully saturated rings. The van der Waals surface area contributed by atoms with Crippen molar-refractivity contribution >= 4 is 0 Å². The van der Waals surface area contributed by atoms with Crippen LogP contribution in [-0.2, 0) is 14.2 Å². The van der Waals surface area contributed by atoms with Crippen molar-refractivity contribution in [2.75, 3.05) is 7.11 Å². The monoisotopic (exact) mass is 288 g/mol. The molecule has 0 aliphatic carbocycles. The molecule has 1 rings (SSSR count). The molecule has 0 saturated carbocycles. The molecule has 1 N–H and O–H groups in total. The van der Waals surface area contributed by atoms with Gasteiger partial charge in [-0.3, -0.25) is 0 Å². The number of ether oxygens (including phenoxy) is 3. The topological polar surface area (TPSA) is 47.9 Å². The minimum Gasteiger partial charge on any atom is -0.387 e. The molecule has 4 heteroatoms. The third-order valence-electron chi connectivity index (χ3n) is 4.45. The van der Waals surface area contributed by atoms with Gasteiger partial charge in [-0.15, -0.1) is 0 Å². The van der Waals surface area contributed by atoms with E-state index in [1.54, 1.807) is 7.11 Å². The second kappa shape index (κ2) is 7.21. The minimum atomic E-state index is -0.629. The van der Waals surface area contributed by atoms with Crippen LogP contribution in [0.5, 0.6) is 0 Å². The molecule has 1 saturated heterocycles. The Bertz CT molecular complexity index is 288. The average molecular weight is 288 g/mol. The van der Waals surface area contributed by atoms with E-state index in [1.807, 2.05) is 13.8 Å². The molecule has 1 aliphatic rings. The SMILES string of the molecule is CCCC(C)(CCC)O[C@H]1C[C@@](C)(OC)[C@@H](O)[C@H](C)O1. The highest BCUT2D eigenvalue weighted by Gasteiger charge is 2.46. The van der Waals surface area contributed by atoms with Crippen LogP contribution >= 0.6 is 0 Å². The van der Waals surface area contributed by atoms with E-state index >= 15 is 0 Å². The summed E-state index contributed by atoms with van der Waals surface area (Å²) >= 11 is 0. The Morgan fingerprint density at radius 2 is 1.85 bits per heavy atom. The molecule has 0 aromatic carbocycles. The predicted molar refractivity (Wildman–Crippen MR) is 79.7 cm³/mol. The highest BCUT2D eigenvalue weighted by molar-refractivity contribution is 4.93. The molecular formula is C16H32O4. The lowest BCUT2D eigenvalue weighted by atomic mass is 9.88. The van der Waals surface area contributed by atoms with Crippen LogP contribution in [0, 0.1) is 0 Å². The van der Waals surface area contributed by atoms with E-state index in [1.165, 1.54) is 0 Å². The second-order valence-electron chi connectivity index (χ2n) is 6.50. The van der Waals surface area contributed by atoms with Gasteiger partial charge in [-0.2, -0.15) is 0 Å². The maximum atomic E-state index is 10.2. The molecule has 0 aromatic heterocycles. The maximum Gasteiger partial charge on any atom is 0.161 e. The molecule has 0 amide bonds. The Labute approximate surface area is 123 Å². The van der Waals surface area contributed by atoms with Crippen molar-refractivity contribution in [2.45, 2.75) is 96.4 Å². The first-order valence-electron chi connectivity index (χ1n) is 7.86. The summed E-state index contributed by atoms with van der Waals surface area (Å²) in [4.78, 5) is 0. The molecule has 0 bridgehead atoms. The van der Waals surface area contributed by atoms with Crippen molar-refractivity contribution in [3.8, 4) is 0 Å². The van der Waals surface area contributed by atoms with Gasteiger partial charge in [0.15, 0.2) is 6.29 Å².